The van der Waals surface area contributed by atoms with Crippen LogP contribution in [-0.2, 0) is 22.7 Å². The molecule has 6 nitrogen and oxygen atoms in total. The smallest absolute Gasteiger partial charge is 0.225 e. The number of hydrogen-bond donors (Lipinski definition) is 2. The molecule has 2 rings (SSSR count). The Morgan fingerprint density at radius 3 is 2.43 bits per heavy atom. The van der Waals surface area contributed by atoms with Crippen molar-refractivity contribution < 1.29 is 9.53 Å². The number of amides is 1. The summed E-state index contributed by atoms with van der Waals surface area (Å²) >= 11 is 0. The number of benzene rings is 1. The Hall–Kier alpha value is -1.35. The van der Waals surface area contributed by atoms with E-state index in [0.717, 1.165) is 25.5 Å². The summed E-state index contributed by atoms with van der Waals surface area (Å²) in [6, 6.07) is 8.66. The minimum absolute atomic E-state index is 0. The number of aliphatic imine (C=N–C) groups is 1. The van der Waals surface area contributed by atoms with Crippen molar-refractivity contribution in [2.24, 2.45) is 10.9 Å². The molecule has 158 valence electrons. The molecule has 1 aromatic rings. The van der Waals surface area contributed by atoms with E-state index in [1.807, 2.05) is 32.6 Å². The van der Waals surface area contributed by atoms with Crippen molar-refractivity contribution in [3.8, 4) is 0 Å². The molecule has 0 spiro atoms. The first-order valence-corrected chi connectivity index (χ1v) is 9.84. The van der Waals surface area contributed by atoms with Gasteiger partial charge in [0, 0.05) is 38.6 Å². The summed E-state index contributed by atoms with van der Waals surface area (Å²) in [5, 5.41) is 6.78. The van der Waals surface area contributed by atoms with Crippen LogP contribution in [0.4, 0.5) is 0 Å². The van der Waals surface area contributed by atoms with Gasteiger partial charge in [-0.05, 0) is 31.4 Å². The Morgan fingerprint density at radius 2 is 1.86 bits per heavy atom. The number of ether oxygens (including phenoxy) is 1. The topological polar surface area (TPSA) is 66.0 Å². The highest BCUT2D eigenvalue weighted by Gasteiger charge is 2.27. The summed E-state index contributed by atoms with van der Waals surface area (Å²) in [6.45, 7) is 10.9. The fraction of sp³-hybridized carbons (Fsp3) is 0.619. The molecule has 1 amide bonds. The third kappa shape index (κ3) is 7.95. The van der Waals surface area contributed by atoms with Gasteiger partial charge in [0.15, 0.2) is 5.96 Å². The monoisotopic (exact) mass is 502 g/mol. The first-order chi connectivity index (χ1) is 12.9. The van der Waals surface area contributed by atoms with Gasteiger partial charge in [-0.2, -0.15) is 0 Å². The van der Waals surface area contributed by atoms with Gasteiger partial charge in [0.1, 0.15) is 0 Å². The molecule has 7 heteroatoms. The summed E-state index contributed by atoms with van der Waals surface area (Å²) in [7, 11) is 1.77. The fourth-order valence-electron chi connectivity index (χ4n) is 3.03. The minimum atomic E-state index is 0. The van der Waals surface area contributed by atoms with Crippen molar-refractivity contribution in [1.29, 1.82) is 0 Å². The highest BCUT2D eigenvalue weighted by Crippen LogP contribution is 2.13. The molecule has 1 saturated heterocycles. The number of nitrogens with zero attached hydrogens (tertiary/aromatic N) is 2. The second kappa shape index (κ2) is 12.3. The van der Waals surface area contributed by atoms with Gasteiger partial charge < -0.3 is 20.3 Å². The zero-order chi connectivity index (χ0) is 19.8. The van der Waals surface area contributed by atoms with Crippen LogP contribution in [0.15, 0.2) is 29.3 Å². The van der Waals surface area contributed by atoms with Crippen molar-refractivity contribution in [3.63, 3.8) is 0 Å². The van der Waals surface area contributed by atoms with E-state index in [4.69, 9.17) is 4.74 Å². The van der Waals surface area contributed by atoms with E-state index < -0.39 is 0 Å². The van der Waals surface area contributed by atoms with E-state index in [0.29, 0.717) is 13.2 Å². The van der Waals surface area contributed by atoms with E-state index in [9.17, 15) is 4.79 Å². The number of guanidine groups is 1. The van der Waals surface area contributed by atoms with Crippen LogP contribution in [0, 0.1) is 5.92 Å². The molecule has 0 aliphatic carbocycles. The molecule has 1 heterocycles. The minimum Gasteiger partial charge on any atom is -0.374 e. The molecule has 2 N–H and O–H groups in total. The normalized spacial score (nSPS) is 17.0. The van der Waals surface area contributed by atoms with Crippen LogP contribution < -0.4 is 10.6 Å². The van der Waals surface area contributed by atoms with E-state index >= 15 is 0 Å². The fourth-order valence-corrected chi connectivity index (χ4v) is 3.03. The summed E-state index contributed by atoms with van der Waals surface area (Å²) in [5.41, 5.74) is 2.37. The molecule has 28 heavy (non-hydrogen) atoms. The van der Waals surface area contributed by atoms with Gasteiger partial charge >= 0.3 is 0 Å². The van der Waals surface area contributed by atoms with Crippen molar-refractivity contribution in [2.75, 3.05) is 20.1 Å². The predicted molar refractivity (Wildman–Crippen MR) is 125 cm³/mol. The Morgan fingerprint density at radius 1 is 1.21 bits per heavy atom. The molecule has 1 aromatic carbocycles. The number of nitrogens with one attached hydrogen (secondary N) is 2. The van der Waals surface area contributed by atoms with E-state index in [-0.39, 0.29) is 47.9 Å². The number of carbonyl (C=O) groups is 1. The van der Waals surface area contributed by atoms with Gasteiger partial charge in [-0.25, -0.2) is 0 Å². The molecular weight excluding hydrogens is 467 g/mol. The standard InChI is InChI=1S/C21H34N4O2.HI/c1-15(2)20(26)25-11-10-19(13-25)24-21(22-5)23-12-17-6-8-18(9-7-17)14-27-16(3)4;/h6-9,15-16,19H,10-14H2,1-5H3,(H2,22,23,24);1H. The predicted octanol–water partition coefficient (Wildman–Crippen LogP) is 3.15. The summed E-state index contributed by atoms with van der Waals surface area (Å²) in [6.07, 6.45) is 1.19. The quantitative estimate of drug-likeness (QED) is 0.342. The average Bonchev–Trinajstić information content (AvgIpc) is 3.11. The first kappa shape index (κ1) is 24.7. The maximum absolute atomic E-state index is 12.1. The lowest BCUT2D eigenvalue weighted by Crippen LogP contribution is -2.45. The van der Waals surface area contributed by atoms with Crippen molar-refractivity contribution in [1.82, 2.24) is 15.5 Å². The summed E-state index contributed by atoms with van der Waals surface area (Å²) in [5.74, 6) is 1.05. The number of likely N-dealkylation sites (tertiary alicyclic amines) is 1. The van der Waals surface area contributed by atoms with E-state index in [1.165, 1.54) is 11.1 Å². The van der Waals surface area contributed by atoms with Crippen LogP contribution in [0.3, 0.4) is 0 Å². The average molecular weight is 502 g/mol. The van der Waals surface area contributed by atoms with Crippen LogP contribution in [0.1, 0.15) is 45.2 Å². The number of rotatable bonds is 7. The molecule has 1 fully saturated rings. The molecule has 1 aliphatic heterocycles. The summed E-state index contributed by atoms with van der Waals surface area (Å²) < 4.78 is 5.63. The first-order valence-electron chi connectivity index (χ1n) is 9.84. The highest BCUT2D eigenvalue weighted by atomic mass is 127. The van der Waals surface area contributed by atoms with Gasteiger partial charge in [-0.15, -0.1) is 24.0 Å². The Bertz CT molecular complexity index is 632. The molecule has 0 bridgehead atoms. The maximum atomic E-state index is 12.1. The lowest BCUT2D eigenvalue weighted by atomic mass is 10.1. The van der Waals surface area contributed by atoms with Gasteiger partial charge in [-0.1, -0.05) is 38.1 Å². The molecule has 0 radical (unpaired) electrons. The second-order valence-corrected chi connectivity index (χ2v) is 7.67. The molecule has 0 saturated carbocycles. The van der Waals surface area contributed by atoms with Gasteiger partial charge in [0.05, 0.1) is 12.7 Å². The Kier molecular flexibility index (Phi) is 10.8. The largest absolute Gasteiger partial charge is 0.374 e. The third-order valence-electron chi connectivity index (χ3n) is 4.62. The Labute approximate surface area is 186 Å². The molecule has 1 aliphatic rings. The van der Waals surface area contributed by atoms with E-state index in [1.54, 1.807) is 7.05 Å². The van der Waals surface area contributed by atoms with Crippen molar-refractivity contribution in [3.05, 3.63) is 35.4 Å². The van der Waals surface area contributed by atoms with Crippen LogP contribution in [-0.4, -0.2) is 49.0 Å². The Balaban J connectivity index is 0.00000392. The molecule has 1 unspecified atom stereocenters. The van der Waals surface area contributed by atoms with Gasteiger partial charge in [0.2, 0.25) is 5.91 Å². The molecular formula is C21H35IN4O2. The van der Waals surface area contributed by atoms with Crippen LogP contribution in [0.25, 0.3) is 0 Å². The van der Waals surface area contributed by atoms with Crippen molar-refractivity contribution in [2.45, 2.75) is 59.4 Å². The molecule has 1 atom stereocenters. The van der Waals surface area contributed by atoms with Gasteiger partial charge in [0.25, 0.3) is 0 Å². The molecule has 0 aromatic heterocycles. The van der Waals surface area contributed by atoms with E-state index in [2.05, 4.69) is 39.9 Å². The second-order valence-electron chi connectivity index (χ2n) is 7.67. The van der Waals surface area contributed by atoms with Crippen molar-refractivity contribution >= 4 is 35.8 Å². The lowest BCUT2D eigenvalue weighted by Gasteiger charge is -2.20. The van der Waals surface area contributed by atoms with Crippen LogP contribution >= 0.6 is 24.0 Å². The zero-order valence-corrected chi connectivity index (χ0v) is 20.0. The van der Waals surface area contributed by atoms with Crippen LogP contribution in [0.5, 0.6) is 0 Å². The lowest BCUT2D eigenvalue weighted by molar-refractivity contribution is -0.133. The summed E-state index contributed by atoms with van der Waals surface area (Å²) in [4.78, 5) is 18.4. The number of halogens is 1. The SMILES string of the molecule is CN=C(NCc1ccc(COC(C)C)cc1)NC1CCN(C(=O)C(C)C)C1.I. The number of hydrogen-bond acceptors (Lipinski definition) is 3. The van der Waals surface area contributed by atoms with Crippen LogP contribution in [0.2, 0.25) is 0 Å². The maximum Gasteiger partial charge on any atom is 0.225 e. The third-order valence-corrected chi connectivity index (χ3v) is 4.62. The highest BCUT2D eigenvalue weighted by molar-refractivity contribution is 14.0. The zero-order valence-electron chi connectivity index (χ0n) is 17.7. The van der Waals surface area contributed by atoms with Gasteiger partial charge in [-0.3, -0.25) is 9.79 Å². The number of carbonyl (C=O) groups excluding carboxylic acids is 1.